The van der Waals surface area contributed by atoms with Crippen molar-refractivity contribution in [3.05, 3.63) is 5.15 Å². The number of nitrogens with zero attached hydrogens (tertiary/aromatic N) is 3. The number of nitrogens with two attached hydrogens (primary N) is 1. The second-order valence-corrected chi connectivity index (χ2v) is 4.69. The lowest BCUT2D eigenvalue weighted by Crippen LogP contribution is -2.26. The van der Waals surface area contributed by atoms with Crippen molar-refractivity contribution in [2.24, 2.45) is 0 Å². The number of aliphatic hydroxyl groups excluding tert-OH is 1. The molecule has 13 heteroatoms. The summed E-state index contributed by atoms with van der Waals surface area (Å²) in [6.07, 6.45) is -5.54. The number of hydrogen-bond acceptors (Lipinski definition) is 9. The van der Waals surface area contributed by atoms with Gasteiger partial charge in [-0.15, -0.1) is 23.4 Å². The van der Waals surface area contributed by atoms with Crippen LogP contribution in [0.5, 0.6) is 0 Å². The lowest BCUT2D eigenvalue weighted by Gasteiger charge is -2.12. The minimum Gasteiger partial charge on any atom is -0.389 e. The van der Waals surface area contributed by atoms with E-state index in [9.17, 15) is 18.3 Å². The number of alkyl halides is 3. The Kier molecular flexibility index (Phi) is 8.92. The molecular weight excluding hydrogens is 359 g/mol. The van der Waals surface area contributed by atoms with Crippen molar-refractivity contribution in [3.63, 3.8) is 0 Å². The highest BCUT2D eigenvalue weighted by molar-refractivity contribution is 6.31. The molecule has 0 fully saturated rings. The zero-order valence-corrected chi connectivity index (χ0v) is 13.2. The summed E-state index contributed by atoms with van der Waals surface area (Å²) in [4.78, 5) is 3.80. The lowest BCUT2D eigenvalue weighted by atomic mass is 10.4. The normalized spacial score (nSPS) is 13.0. The van der Waals surface area contributed by atoms with Gasteiger partial charge in [-0.25, -0.2) is 0 Å². The second-order valence-electron chi connectivity index (χ2n) is 4.33. The summed E-state index contributed by atoms with van der Waals surface area (Å²) in [6.45, 7) is -0.574. The monoisotopic (exact) mass is 375 g/mol. The maximum absolute atomic E-state index is 11.6. The molecule has 24 heavy (non-hydrogen) atoms. The number of nitrogen functional groups attached to an aromatic ring is 1. The molecule has 0 aliphatic heterocycles. The first kappa shape index (κ1) is 20.6. The van der Waals surface area contributed by atoms with Crippen LogP contribution in [0.3, 0.4) is 0 Å². The average molecular weight is 376 g/mol. The highest BCUT2D eigenvalue weighted by Crippen LogP contribution is 2.15. The van der Waals surface area contributed by atoms with E-state index in [0.29, 0.717) is 0 Å². The fraction of sp³-hybridized carbons (Fsp3) is 0.727. The van der Waals surface area contributed by atoms with Crippen molar-refractivity contribution >= 4 is 23.4 Å². The van der Waals surface area contributed by atoms with Crippen molar-refractivity contribution in [1.29, 1.82) is 0 Å². The van der Waals surface area contributed by atoms with Crippen LogP contribution in [0.25, 0.3) is 0 Å². The van der Waals surface area contributed by atoms with Gasteiger partial charge in [-0.2, -0.15) is 4.98 Å². The lowest BCUT2D eigenvalue weighted by molar-refractivity contribution is -0.327. The Morgan fingerprint density at radius 2 is 1.83 bits per heavy atom. The molecule has 0 bridgehead atoms. The number of anilines is 2. The number of aromatic nitrogens is 3. The van der Waals surface area contributed by atoms with Crippen molar-refractivity contribution in [2.75, 3.05) is 50.6 Å². The van der Waals surface area contributed by atoms with Crippen molar-refractivity contribution in [2.45, 2.75) is 12.5 Å². The molecule has 1 aromatic heterocycles. The first-order chi connectivity index (χ1) is 11.3. The average Bonchev–Trinajstić information content (AvgIpc) is 2.50. The fourth-order valence-electron chi connectivity index (χ4n) is 1.32. The van der Waals surface area contributed by atoms with Gasteiger partial charge in [0.15, 0.2) is 11.0 Å². The van der Waals surface area contributed by atoms with Crippen LogP contribution in [0.4, 0.5) is 24.9 Å². The molecule has 0 aromatic carbocycles. The topological polar surface area (TPSA) is 125 Å². The third-order valence-electron chi connectivity index (χ3n) is 2.34. The summed E-state index contributed by atoms with van der Waals surface area (Å²) in [7, 11) is 0. The van der Waals surface area contributed by atoms with Crippen LogP contribution in [-0.2, 0) is 14.2 Å². The van der Waals surface area contributed by atoms with E-state index < -0.39 is 19.1 Å². The summed E-state index contributed by atoms with van der Waals surface area (Å²) < 4.78 is 48.4. The van der Waals surface area contributed by atoms with Crippen LogP contribution in [0, 0.1) is 0 Å². The van der Waals surface area contributed by atoms with E-state index in [-0.39, 0.29) is 49.9 Å². The quantitative estimate of drug-likeness (QED) is 0.473. The molecule has 0 aliphatic carbocycles. The Hall–Kier alpha value is -1.47. The van der Waals surface area contributed by atoms with E-state index in [2.05, 4.69) is 25.2 Å². The van der Waals surface area contributed by atoms with Gasteiger partial charge in [0.25, 0.3) is 0 Å². The van der Waals surface area contributed by atoms with E-state index in [0.717, 1.165) is 0 Å². The van der Waals surface area contributed by atoms with Gasteiger partial charge in [0.2, 0.25) is 5.95 Å². The molecule has 1 unspecified atom stereocenters. The molecule has 0 saturated carbocycles. The van der Waals surface area contributed by atoms with Crippen LogP contribution >= 0.6 is 11.6 Å². The van der Waals surface area contributed by atoms with E-state index in [1.807, 2.05) is 0 Å². The number of halogens is 4. The first-order valence-electron chi connectivity index (χ1n) is 6.71. The van der Waals surface area contributed by atoms with Gasteiger partial charge in [-0.3, -0.25) is 4.74 Å². The minimum absolute atomic E-state index is 0.00607. The molecule has 0 saturated heterocycles. The van der Waals surface area contributed by atoms with Gasteiger partial charge in [0, 0.05) is 6.54 Å². The fourth-order valence-corrected chi connectivity index (χ4v) is 1.40. The van der Waals surface area contributed by atoms with E-state index in [1.165, 1.54) is 0 Å². The summed E-state index contributed by atoms with van der Waals surface area (Å²) in [5.74, 6) is 0.107. The molecule has 138 valence electrons. The molecule has 0 radical (unpaired) electrons. The van der Waals surface area contributed by atoms with E-state index in [4.69, 9.17) is 26.8 Å². The largest absolute Gasteiger partial charge is 0.522 e. The Labute approximate surface area is 140 Å². The van der Waals surface area contributed by atoms with Crippen molar-refractivity contribution in [1.82, 2.24) is 15.2 Å². The number of hydrogen-bond donors (Lipinski definition) is 3. The molecule has 1 aromatic rings. The Balaban J connectivity index is 2.02. The van der Waals surface area contributed by atoms with Crippen LogP contribution in [0.2, 0.25) is 5.15 Å². The van der Waals surface area contributed by atoms with Gasteiger partial charge < -0.3 is 25.6 Å². The second kappa shape index (κ2) is 10.4. The minimum atomic E-state index is -4.66. The Morgan fingerprint density at radius 3 is 2.50 bits per heavy atom. The van der Waals surface area contributed by atoms with Crippen LogP contribution in [0.15, 0.2) is 0 Å². The molecule has 0 amide bonds. The van der Waals surface area contributed by atoms with Gasteiger partial charge in [0.1, 0.15) is 0 Å². The molecule has 4 N–H and O–H groups in total. The summed E-state index contributed by atoms with van der Waals surface area (Å²) in [5, 5.41) is 19.5. The van der Waals surface area contributed by atoms with Gasteiger partial charge in [-0.1, -0.05) is 11.6 Å². The molecule has 1 rings (SSSR count). The predicted molar refractivity (Wildman–Crippen MR) is 77.4 cm³/mol. The maximum atomic E-state index is 11.6. The number of ether oxygens (including phenoxy) is 3. The van der Waals surface area contributed by atoms with Gasteiger partial charge >= 0.3 is 6.36 Å². The molecule has 0 aliphatic rings. The smallest absolute Gasteiger partial charge is 0.389 e. The van der Waals surface area contributed by atoms with E-state index >= 15 is 0 Å². The van der Waals surface area contributed by atoms with Gasteiger partial charge in [0.05, 0.1) is 39.1 Å². The molecule has 1 atom stereocenters. The Bertz CT molecular complexity index is 497. The zero-order chi connectivity index (χ0) is 18.0. The van der Waals surface area contributed by atoms with Crippen molar-refractivity contribution in [3.8, 4) is 0 Å². The summed E-state index contributed by atoms with van der Waals surface area (Å²) >= 11 is 5.56. The highest BCUT2D eigenvalue weighted by atomic mass is 35.5. The Morgan fingerprint density at radius 1 is 1.17 bits per heavy atom. The van der Waals surface area contributed by atoms with Crippen LogP contribution in [0.1, 0.15) is 0 Å². The number of nitrogens with one attached hydrogen (secondary N) is 1. The number of aliphatic hydroxyl groups is 1. The third-order valence-corrected chi connectivity index (χ3v) is 2.61. The van der Waals surface area contributed by atoms with E-state index in [1.54, 1.807) is 0 Å². The molecule has 1 heterocycles. The predicted octanol–water partition coefficient (Wildman–Crippen LogP) is 0.450. The summed E-state index contributed by atoms with van der Waals surface area (Å²) in [6, 6.07) is 0. The van der Waals surface area contributed by atoms with Crippen molar-refractivity contribution < 1.29 is 32.5 Å². The highest BCUT2D eigenvalue weighted by Gasteiger charge is 2.28. The SMILES string of the molecule is Nc1nc(NCC(O)COCCOCCOC(F)(F)F)nnc1Cl. The number of rotatable bonds is 11. The summed E-state index contributed by atoms with van der Waals surface area (Å²) in [5.41, 5.74) is 5.44. The molecule has 9 nitrogen and oxygen atoms in total. The first-order valence-corrected chi connectivity index (χ1v) is 7.09. The van der Waals surface area contributed by atoms with Crippen LogP contribution in [-0.4, -0.2) is 72.3 Å². The third kappa shape index (κ3) is 9.62. The molecular formula is C11H17ClF3N5O4. The van der Waals surface area contributed by atoms with Gasteiger partial charge in [-0.05, 0) is 0 Å². The molecule has 0 spiro atoms. The standard InChI is InChI=1S/C11H17ClF3N5O4/c12-8-9(16)18-10(20-19-8)17-5-7(21)6-23-2-1-22-3-4-24-11(13,14)15/h7,21H,1-6H2,(H3,16,17,18,20). The van der Waals surface area contributed by atoms with Crippen LogP contribution < -0.4 is 11.1 Å². The maximum Gasteiger partial charge on any atom is 0.522 e. The zero-order valence-electron chi connectivity index (χ0n) is 12.4.